The molecule has 138 valence electrons. The van der Waals surface area contributed by atoms with Crippen LogP contribution in [-0.4, -0.2) is 22.5 Å². The van der Waals surface area contributed by atoms with Crippen molar-refractivity contribution in [3.63, 3.8) is 0 Å². The van der Waals surface area contributed by atoms with Crippen LogP contribution in [0.1, 0.15) is 42.6 Å². The van der Waals surface area contributed by atoms with Crippen LogP contribution in [0.2, 0.25) is 0 Å². The summed E-state index contributed by atoms with van der Waals surface area (Å²) in [6.45, 7) is 3.12. The number of rotatable bonds is 5. The zero-order valence-electron chi connectivity index (χ0n) is 14.9. The third kappa shape index (κ3) is 4.04. The van der Waals surface area contributed by atoms with Crippen LogP contribution in [0, 0.1) is 6.92 Å². The molecule has 26 heavy (non-hydrogen) atoms. The van der Waals surface area contributed by atoms with Crippen molar-refractivity contribution in [1.82, 2.24) is 9.88 Å². The molecule has 1 aliphatic carbocycles. The number of carbonyl (C=O) groups is 2. The Hall–Kier alpha value is -2.41. The molecule has 0 bridgehead atoms. The highest BCUT2D eigenvalue weighted by molar-refractivity contribution is 7.07. The lowest BCUT2D eigenvalue weighted by Crippen LogP contribution is -2.39. The number of fused-ring (bicyclic) bond motifs is 1. The molecule has 0 aliphatic heterocycles. The molecule has 1 heterocycles. The number of hydrogen-bond donors (Lipinski definition) is 1. The van der Waals surface area contributed by atoms with Gasteiger partial charge in [-0.05, 0) is 44.2 Å². The Kier molecular flexibility index (Phi) is 5.56. The van der Waals surface area contributed by atoms with Crippen LogP contribution in [0.4, 0.5) is 0 Å². The molecule has 1 N–H and O–H groups in total. The lowest BCUT2D eigenvalue weighted by atomic mass is 9.87. The number of thiazole rings is 1. The van der Waals surface area contributed by atoms with E-state index in [1.54, 1.807) is 19.2 Å². The van der Waals surface area contributed by atoms with Gasteiger partial charge in [-0.2, -0.15) is 0 Å². The van der Waals surface area contributed by atoms with Crippen molar-refractivity contribution in [2.24, 2.45) is 0 Å². The number of nitrogens with zero attached hydrogens (tertiary/aromatic N) is 1. The van der Waals surface area contributed by atoms with E-state index < -0.39 is 12.1 Å². The van der Waals surface area contributed by atoms with Crippen molar-refractivity contribution in [3.05, 3.63) is 56.1 Å². The Balaban J connectivity index is 1.59. The minimum Gasteiger partial charge on any atom is -0.451 e. The highest BCUT2D eigenvalue weighted by Gasteiger charge is 2.25. The van der Waals surface area contributed by atoms with Gasteiger partial charge in [-0.3, -0.25) is 19.0 Å². The molecule has 1 aromatic carbocycles. The van der Waals surface area contributed by atoms with Gasteiger partial charge in [0.05, 0.1) is 6.04 Å². The third-order valence-corrected chi connectivity index (χ3v) is 5.51. The third-order valence-electron chi connectivity index (χ3n) is 4.63. The molecule has 3 rings (SSSR count). The van der Waals surface area contributed by atoms with Gasteiger partial charge in [0, 0.05) is 11.1 Å². The van der Waals surface area contributed by atoms with Crippen LogP contribution in [0.15, 0.2) is 34.4 Å². The molecule has 0 saturated carbocycles. The maximum atomic E-state index is 12.4. The predicted octanol–water partition coefficient (Wildman–Crippen LogP) is 2.34. The zero-order chi connectivity index (χ0) is 18.7. The fourth-order valence-corrected chi connectivity index (χ4v) is 3.94. The number of esters is 1. The van der Waals surface area contributed by atoms with Crippen molar-refractivity contribution in [3.8, 4) is 0 Å². The van der Waals surface area contributed by atoms with Gasteiger partial charge < -0.3 is 10.1 Å². The number of aryl methyl sites for hydroxylation is 2. The largest absolute Gasteiger partial charge is 0.451 e. The number of ether oxygens (including phenoxy) is 1. The first-order chi connectivity index (χ1) is 12.5. The van der Waals surface area contributed by atoms with Crippen LogP contribution in [0.3, 0.4) is 0 Å². The highest BCUT2D eigenvalue weighted by Crippen LogP contribution is 2.29. The Morgan fingerprint density at radius 3 is 2.88 bits per heavy atom. The molecule has 1 aromatic heterocycles. The first kappa shape index (κ1) is 18.4. The van der Waals surface area contributed by atoms with E-state index in [4.69, 9.17) is 4.74 Å². The lowest BCUT2D eigenvalue weighted by Gasteiger charge is -2.27. The van der Waals surface area contributed by atoms with Gasteiger partial charge >= 0.3 is 10.8 Å². The normalized spacial score (nSPS) is 17.2. The summed E-state index contributed by atoms with van der Waals surface area (Å²) in [5.74, 6) is -0.922. The summed E-state index contributed by atoms with van der Waals surface area (Å²) >= 11 is 1.04. The standard InChI is InChI=1S/C19H22N2O4S/c1-12-11-26-19(24)21(12)10-17(22)25-13(2)18(23)20-16-9-5-7-14-6-3-4-8-15(14)16/h3-4,6,8,11,13,16H,5,7,9-10H2,1-2H3,(H,20,23)/t13-,16+/m1/s1. The average Bonchev–Trinajstić information content (AvgIpc) is 2.94. The number of aromatic nitrogens is 1. The van der Waals surface area contributed by atoms with Crippen LogP contribution in [0.25, 0.3) is 0 Å². The molecule has 0 radical (unpaired) electrons. The van der Waals surface area contributed by atoms with Gasteiger partial charge in [0.15, 0.2) is 6.10 Å². The average molecular weight is 374 g/mol. The maximum Gasteiger partial charge on any atom is 0.326 e. The fourth-order valence-electron chi connectivity index (χ4n) is 3.21. The van der Waals surface area contributed by atoms with Crippen molar-refractivity contribution in [2.75, 3.05) is 0 Å². The molecule has 0 spiro atoms. The van der Waals surface area contributed by atoms with E-state index in [0.29, 0.717) is 5.69 Å². The Morgan fingerprint density at radius 2 is 2.15 bits per heavy atom. The molecule has 2 aromatic rings. The molecule has 0 fully saturated rings. The SMILES string of the molecule is Cc1csc(=O)n1CC(=O)O[C@H](C)C(=O)N[C@H]1CCCc2ccccc21. The second-order valence-electron chi connectivity index (χ2n) is 6.51. The van der Waals surface area contributed by atoms with Crippen LogP contribution in [0.5, 0.6) is 0 Å². The molecule has 1 aliphatic rings. The lowest BCUT2D eigenvalue weighted by molar-refractivity contribution is -0.155. The number of hydrogen-bond acceptors (Lipinski definition) is 5. The monoisotopic (exact) mass is 374 g/mol. The van der Waals surface area contributed by atoms with E-state index in [0.717, 1.165) is 36.2 Å². The molecule has 0 unspecified atom stereocenters. The van der Waals surface area contributed by atoms with Gasteiger partial charge in [0.25, 0.3) is 5.91 Å². The van der Waals surface area contributed by atoms with Crippen molar-refractivity contribution >= 4 is 23.2 Å². The van der Waals surface area contributed by atoms with Crippen molar-refractivity contribution < 1.29 is 14.3 Å². The van der Waals surface area contributed by atoms with Gasteiger partial charge in [0.1, 0.15) is 6.54 Å². The summed E-state index contributed by atoms with van der Waals surface area (Å²) in [6.07, 6.45) is 1.98. The van der Waals surface area contributed by atoms with Gasteiger partial charge in [-0.1, -0.05) is 35.6 Å². The zero-order valence-corrected chi connectivity index (χ0v) is 15.7. The maximum absolute atomic E-state index is 12.4. The van der Waals surface area contributed by atoms with Gasteiger partial charge in [0.2, 0.25) is 0 Å². The van der Waals surface area contributed by atoms with E-state index in [1.165, 1.54) is 10.1 Å². The van der Waals surface area contributed by atoms with Crippen molar-refractivity contribution in [1.29, 1.82) is 0 Å². The van der Waals surface area contributed by atoms with Gasteiger partial charge in [-0.25, -0.2) is 0 Å². The second-order valence-corrected chi connectivity index (χ2v) is 7.33. The van der Waals surface area contributed by atoms with E-state index in [2.05, 4.69) is 11.4 Å². The molecule has 2 atom stereocenters. The number of nitrogens with one attached hydrogen (secondary N) is 1. The molecule has 7 heteroatoms. The predicted molar refractivity (Wildman–Crippen MR) is 99.1 cm³/mol. The fraction of sp³-hybridized carbons (Fsp3) is 0.421. The van der Waals surface area contributed by atoms with Crippen LogP contribution < -0.4 is 10.2 Å². The van der Waals surface area contributed by atoms with Crippen molar-refractivity contribution in [2.45, 2.75) is 51.8 Å². The Labute approximate surface area is 155 Å². The van der Waals surface area contributed by atoms with E-state index in [1.807, 2.05) is 18.2 Å². The quantitative estimate of drug-likeness (QED) is 0.815. The summed E-state index contributed by atoms with van der Waals surface area (Å²) in [5, 5.41) is 4.67. The summed E-state index contributed by atoms with van der Waals surface area (Å²) in [6, 6.07) is 8.02. The summed E-state index contributed by atoms with van der Waals surface area (Å²) < 4.78 is 6.56. The topological polar surface area (TPSA) is 77.4 Å². The Bertz CT molecular complexity index is 870. The minimum absolute atomic E-state index is 0.0599. The molecular formula is C19H22N2O4S. The molecular weight excluding hydrogens is 352 g/mol. The van der Waals surface area contributed by atoms with E-state index in [-0.39, 0.29) is 23.4 Å². The Morgan fingerprint density at radius 1 is 1.38 bits per heavy atom. The summed E-state index contributed by atoms with van der Waals surface area (Å²) in [7, 11) is 0. The first-order valence-electron chi connectivity index (χ1n) is 8.68. The smallest absolute Gasteiger partial charge is 0.326 e. The number of carbonyl (C=O) groups excluding carboxylic acids is 2. The second kappa shape index (κ2) is 7.86. The number of amides is 1. The number of benzene rings is 1. The minimum atomic E-state index is -0.911. The van der Waals surface area contributed by atoms with Crippen LogP contribution >= 0.6 is 11.3 Å². The van der Waals surface area contributed by atoms with Gasteiger partial charge in [-0.15, -0.1) is 0 Å². The molecule has 0 saturated heterocycles. The van der Waals surface area contributed by atoms with E-state index in [9.17, 15) is 14.4 Å². The summed E-state index contributed by atoms with van der Waals surface area (Å²) in [5.41, 5.74) is 3.08. The highest BCUT2D eigenvalue weighted by atomic mass is 32.1. The van der Waals surface area contributed by atoms with Crippen LogP contribution in [-0.2, 0) is 27.3 Å². The van der Waals surface area contributed by atoms with E-state index >= 15 is 0 Å². The summed E-state index contributed by atoms with van der Waals surface area (Å²) in [4.78, 5) is 36.0. The molecule has 1 amide bonds. The molecule has 6 nitrogen and oxygen atoms in total. The first-order valence-corrected chi connectivity index (χ1v) is 9.56.